The third-order valence-corrected chi connectivity index (χ3v) is 3.54. The van der Waals surface area contributed by atoms with Crippen molar-refractivity contribution in [3.05, 3.63) is 77.5 Å². The average molecular weight is 284 g/mol. The van der Waals surface area contributed by atoms with E-state index in [4.69, 9.17) is 5.73 Å². The molecule has 21 heavy (non-hydrogen) atoms. The maximum Gasteiger partial charge on any atom is 0.129 e. The van der Waals surface area contributed by atoms with E-state index in [-0.39, 0.29) is 6.04 Å². The molecule has 2 aromatic carbocycles. The standard InChI is InChI=1S/C17H14F2N2/c18-12-6-5-11(15(19)10-12)9-16(20)13-7-8-21-17-4-2-1-3-14(13)17/h1-8,10,16H,9,20H2. The summed E-state index contributed by atoms with van der Waals surface area (Å²) in [4.78, 5) is 4.28. The second-order valence-electron chi connectivity index (χ2n) is 4.96. The first-order valence-electron chi connectivity index (χ1n) is 6.68. The van der Waals surface area contributed by atoms with Gasteiger partial charge in [-0.15, -0.1) is 0 Å². The van der Waals surface area contributed by atoms with Gasteiger partial charge in [0, 0.05) is 23.7 Å². The van der Waals surface area contributed by atoms with Gasteiger partial charge in [-0.2, -0.15) is 0 Å². The Labute approximate surface area is 121 Å². The SMILES string of the molecule is NC(Cc1ccc(F)cc1F)c1ccnc2ccccc12. The lowest BCUT2D eigenvalue weighted by Crippen LogP contribution is -2.15. The fourth-order valence-corrected chi connectivity index (χ4v) is 2.48. The van der Waals surface area contributed by atoms with E-state index in [9.17, 15) is 8.78 Å². The van der Waals surface area contributed by atoms with E-state index in [1.54, 1.807) is 6.20 Å². The first kappa shape index (κ1) is 13.6. The minimum absolute atomic E-state index is 0.306. The Bertz CT molecular complexity index is 781. The van der Waals surface area contributed by atoms with Gasteiger partial charge in [-0.05, 0) is 35.7 Å². The number of nitrogens with two attached hydrogens (primary N) is 1. The Balaban J connectivity index is 1.95. The largest absolute Gasteiger partial charge is 0.324 e. The highest BCUT2D eigenvalue weighted by Crippen LogP contribution is 2.24. The average Bonchev–Trinajstić information content (AvgIpc) is 2.49. The number of rotatable bonds is 3. The molecule has 0 saturated heterocycles. The van der Waals surface area contributed by atoms with Gasteiger partial charge in [0.05, 0.1) is 5.52 Å². The van der Waals surface area contributed by atoms with E-state index in [1.807, 2.05) is 30.3 Å². The fraction of sp³-hybridized carbons (Fsp3) is 0.118. The summed E-state index contributed by atoms with van der Waals surface area (Å²) in [5.41, 5.74) is 8.38. The summed E-state index contributed by atoms with van der Waals surface area (Å²) in [6.07, 6.45) is 2.00. The maximum absolute atomic E-state index is 13.7. The minimum Gasteiger partial charge on any atom is -0.324 e. The van der Waals surface area contributed by atoms with Gasteiger partial charge in [0.1, 0.15) is 11.6 Å². The highest BCUT2D eigenvalue weighted by Gasteiger charge is 2.13. The lowest BCUT2D eigenvalue weighted by Gasteiger charge is -2.15. The summed E-state index contributed by atoms with van der Waals surface area (Å²) < 4.78 is 26.7. The van der Waals surface area contributed by atoms with Crippen LogP contribution in [-0.4, -0.2) is 4.98 Å². The lowest BCUT2D eigenvalue weighted by atomic mass is 9.96. The molecule has 1 aromatic heterocycles. The second kappa shape index (κ2) is 5.58. The van der Waals surface area contributed by atoms with Gasteiger partial charge in [0.2, 0.25) is 0 Å². The van der Waals surface area contributed by atoms with E-state index < -0.39 is 11.6 Å². The number of aromatic nitrogens is 1. The van der Waals surface area contributed by atoms with Gasteiger partial charge in [-0.25, -0.2) is 8.78 Å². The molecular formula is C17H14F2N2. The smallest absolute Gasteiger partial charge is 0.129 e. The summed E-state index contributed by atoms with van der Waals surface area (Å²) in [7, 11) is 0. The van der Waals surface area contributed by atoms with Crippen LogP contribution >= 0.6 is 0 Å². The topological polar surface area (TPSA) is 38.9 Å². The zero-order valence-corrected chi connectivity index (χ0v) is 11.3. The Hall–Kier alpha value is -2.33. The molecule has 0 aliphatic heterocycles. The van der Waals surface area contributed by atoms with Crippen molar-refractivity contribution in [1.29, 1.82) is 0 Å². The number of benzene rings is 2. The molecule has 0 fully saturated rings. The van der Waals surface area contributed by atoms with E-state index >= 15 is 0 Å². The molecule has 1 heterocycles. The summed E-state index contributed by atoms with van der Waals surface area (Å²) in [6.45, 7) is 0. The van der Waals surface area contributed by atoms with Crippen molar-refractivity contribution in [3.8, 4) is 0 Å². The maximum atomic E-state index is 13.7. The highest BCUT2D eigenvalue weighted by molar-refractivity contribution is 5.82. The summed E-state index contributed by atoms with van der Waals surface area (Å²) in [6, 6.07) is 12.7. The van der Waals surface area contributed by atoms with Crippen molar-refractivity contribution in [3.63, 3.8) is 0 Å². The predicted molar refractivity (Wildman–Crippen MR) is 78.7 cm³/mol. The van der Waals surface area contributed by atoms with Crippen molar-refractivity contribution in [2.24, 2.45) is 5.73 Å². The lowest BCUT2D eigenvalue weighted by molar-refractivity contribution is 0.563. The molecular weight excluding hydrogens is 270 g/mol. The van der Waals surface area contributed by atoms with Gasteiger partial charge < -0.3 is 5.73 Å². The highest BCUT2D eigenvalue weighted by atomic mass is 19.1. The van der Waals surface area contributed by atoms with Crippen molar-refractivity contribution in [2.75, 3.05) is 0 Å². The molecule has 2 N–H and O–H groups in total. The number of halogens is 2. The Morgan fingerprint density at radius 3 is 2.67 bits per heavy atom. The molecule has 0 saturated carbocycles. The van der Waals surface area contributed by atoms with Crippen LogP contribution in [0.15, 0.2) is 54.7 Å². The predicted octanol–water partition coefficient (Wildman–Crippen LogP) is 3.76. The Morgan fingerprint density at radius 2 is 1.86 bits per heavy atom. The molecule has 2 nitrogen and oxygen atoms in total. The number of para-hydroxylation sites is 1. The molecule has 3 aromatic rings. The minimum atomic E-state index is -0.584. The van der Waals surface area contributed by atoms with Crippen LogP contribution in [0.1, 0.15) is 17.2 Å². The molecule has 3 rings (SSSR count). The molecule has 0 aliphatic rings. The van der Waals surface area contributed by atoms with Crippen molar-refractivity contribution in [1.82, 2.24) is 4.98 Å². The second-order valence-corrected chi connectivity index (χ2v) is 4.96. The number of nitrogens with zero attached hydrogens (tertiary/aromatic N) is 1. The van der Waals surface area contributed by atoms with Crippen LogP contribution in [0.2, 0.25) is 0 Å². The number of hydrogen-bond donors (Lipinski definition) is 1. The van der Waals surface area contributed by atoms with Gasteiger partial charge >= 0.3 is 0 Å². The van der Waals surface area contributed by atoms with Crippen LogP contribution in [0.25, 0.3) is 10.9 Å². The normalized spacial score (nSPS) is 12.5. The summed E-state index contributed by atoms with van der Waals surface area (Å²) in [5, 5.41) is 0.954. The number of fused-ring (bicyclic) bond motifs is 1. The third kappa shape index (κ3) is 2.76. The molecule has 0 amide bonds. The van der Waals surface area contributed by atoms with Crippen LogP contribution < -0.4 is 5.73 Å². The molecule has 106 valence electrons. The number of hydrogen-bond acceptors (Lipinski definition) is 2. The molecule has 0 spiro atoms. The number of pyridine rings is 1. The van der Waals surface area contributed by atoms with Crippen LogP contribution in [-0.2, 0) is 6.42 Å². The van der Waals surface area contributed by atoms with Crippen molar-refractivity contribution < 1.29 is 8.78 Å². The zero-order valence-electron chi connectivity index (χ0n) is 11.3. The van der Waals surface area contributed by atoms with E-state index in [0.29, 0.717) is 12.0 Å². The molecule has 1 atom stereocenters. The first-order valence-corrected chi connectivity index (χ1v) is 6.68. The van der Waals surface area contributed by atoms with Gasteiger partial charge in [0.25, 0.3) is 0 Å². The van der Waals surface area contributed by atoms with Crippen LogP contribution in [0.4, 0.5) is 8.78 Å². The Kier molecular flexibility index (Phi) is 3.62. The van der Waals surface area contributed by atoms with Gasteiger partial charge in [-0.1, -0.05) is 24.3 Å². The van der Waals surface area contributed by atoms with Crippen molar-refractivity contribution >= 4 is 10.9 Å². The summed E-state index contributed by atoms with van der Waals surface area (Å²) in [5.74, 6) is -1.15. The summed E-state index contributed by atoms with van der Waals surface area (Å²) >= 11 is 0. The van der Waals surface area contributed by atoms with Gasteiger partial charge in [-0.3, -0.25) is 4.98 Å². The van der Waals surface area contributed by atoms with Crippen LogP contribution in [0.3, 0.4) is 0 Å². The van der Waals surface area contributed by atoms with Crippen molar-refractivity contribution in [2.45, 2.75) is 12.5 Å². The van der Waals surface area contributed by atoms with Crippen LogP contribution in [0.5, 0.6) is 0 Å². The molecule has 4 heteroatoms. The van der Waals surface area contributed by atoms with Gasteiger partial charge in [0.15, 0.2) is 0 Å². The molecule has 0 radical (unpaired) electrons. The van der Waals surface area contributed by atoms with E-state index in [2.05, 4.69) is 4.98 Å². The van der Waals surface area contributed by atoms with E-state index in [0.717, 1.165) is 22.5 Å². The molecule has 0 aliphatic carbocycles. The Morgan fingerprint density at radius 1 is 1.05 bits per heavy atom. The fourth-order valence-electron chi connectivity index (χ4n) is 2.48. The monoisotopic (exact) mass is 284 g/mol. The third-order valence-electron chi connectivity index (χ3n) is 3.54. The quantitative estimate of drug-likeness (QED) is 0.795. The van der Waals surface area contributed by atoms with E-state index in [1.165, 1.54) is 12.1 Å². The molecule has 1 unspecified atom stereocenters. The zero-order chi connectivity index (χ0) is 14.8. The van der Waals surface area contributed by atoms with Crippen LogP contribution in [0, 0.1) is 11.6 Å². The first-order chi connectivity index (χ1) is 10.1. The molecule has 0 bridgehead atoms.